The molecule has 21 heavy (non-hydrogen) atoms. The Morgan fingerprint density at radius 1 is 1.19 bits per heavy atom. The second kappa shape index (κ2) is 6.62. The largest absolute Gasteiger partial charge is 0.373 e. The Morgan fingerprint density at radius 2 is 1.86 bits per heavy atom. The summed E-state index contributed by atoms with van der Waals surface area (Å²) in [5.74, 6) is 2.63. The zero-order valence-corrected chi connectivity index (χ0v) is 14.8. The minimum atomic E-state index is 0.249. The molecule has 0 fully saturated rings. The molecule has 0 spiro atoms. The molecule has 0 radical (unpaired) electrons. The first-order valence-electron chi connectivity index (χ1n) is 6.70. The van der Waals surface area contributed by atoms with E-state index in [1.165, 1.54) is 0 Å². The first kappa shape index (κ1) is 16.0. The van der Waals surface area contributed by atoms with Gasteiger partial charge < -0.3 is 10.6 Å². The van der Waals surface area contributed by atoms with Gasteiger partial charge in [-0.25, -0.2) is 9.97 Å². The summed E-state index contributed by atoms with van der Waals surface area (Å²) in [6.07, 6.45) is 0. The van der Waals surface area contributed by atoms with E-state index < -0.39 is 0 Å². The van der Waals surface area contributed by atoms with Crippen LogP contribution in [0.25, 0.3) is 0 Å². The number of rotatable bonds is 4. The van der Waals surface area contributed by atoms with Crippen LogP contribution in [0.2, 0.25) is 5.02 Å². The molecule has 1 heterocycles. The minimum absolute atomic E-state index is 0.249. The lowest BCUT2D eigenvalue weighted by Crippen LogP contribution is -2.08. The van der Waals surface area contributed by atoms with Crippen LogP contribution in [0.4, 0.5) is 17.3 Å². The van der Waals surface area contributed by atoms with Gasteiger partial charge in [0.05, 0.1) is 10.7 Å². The summed E-state index contributed by atoms with van der Waals surface area (Å²) >= 11 is 9.66. The fourth-order valence-corrected chi connectivity index (χ4v) is 2.60. The summed E-state index contributed by atoms with van der Waals surface area (Å²) in [6.45, 7) is 6.12. The topological polar surface area (TPSA) is 49.8 Å². The quantitative estimate of drug-likeness (QED) is 0.786. The van der Waals surface area contributed by atoms with Crippen LogP contribution in [0.1, 0.15) is 31.2 Å². The summed E-state index contributed by atoms with van der Waals surface area (Å²) in [4.78, 5) is 9.13. The molecule has 1 aromatic heterocycles. The van der Waals surface area contributed by atoms with Crippen LogP contribution in [-0.2, 0) is 0 Å². The van der Waals surface area contributed by atoms with Crippen molar-refractivity contribution in [3.05, 3.63) is 39.1 Å². The summed E-state index contributed by atoms with van der Waals surface area (Å²) in [7, 11) is 1.86. The van der Waals surface area contributed by atoms with Crippen molar-refractivity contribution >= 4 is 44.9 Å². The Hall–Kier alpha value is -1.33. The summed E-state index contributed by atoms with van der Waals surface area (Å²) in [6, 6.07) is 5.71. The number of nitrogens with one attached hydrogen (secondary N) is 2. The number of aromatic nitrogens is 2. The number of hydrogen-bond acceptors (Lipinski definition) is 4. The molecule has 112 valence electrons. The lowest BCUT2D eigenvalue weighted by molar-refractivity contribution is 0.775. The monoisotopic (exact) mass is 368 g/mol. The zero-order chi connectivity index (χ0) is 15.6. The van der Waals surface area contributed by atoms with Gasteiger partial charge in [-0.1, -0.05) is 41.4 Å². The molecule has 0 bridgehead atoms. The Balaban J connectivity index is 2.45. The van der Waals surface area contributed by atoms with Crippen LogP contribution in [0.15, 0.2) is 22.7 Å². The number of anilines is 3. The molecule has 2 aromatic rings. The molecule has 0 amide bonds. The van der Waals surface area contributed by atoms with E-state index in [-0.39, 0.29) is 5.92 Å². The molecule has 1 aromatic carbocycles. The van der Waals surface area contributed by atoms with E-state index in [1.54, 1.807) is 0 Å². The van der Waals surface area contributed by atoms with Gasteiger partial charge in [0.25, 0.3) is 0 Å². The maximum atomic E-state index is 6.26. The molecular weight excluding hydrogens is 352 g/mol. The predicted molar refractivity (Wildman–Crippen MR) is 92.8 cm³/mol. The van der Waals surface area contributed by atoms with Gasteiger partial charge in [0, 0.05) is 23.0 Å². The van der Waals surface area contributed by atoms with Gasteiger partial charge in [-0.05, 0) is 25.1 Å². The van der Waals surface area contributed by atoms with Gasteiger partial charge >= 0.3 is 0 Å². The van der Waals surface area contributed by atoms with E-state index in [0.29, 0.717) is 5.02 Å². The smallest absolute Gasteiger partial charge is 0.139 e. The molecular formula is C15H18BrClN4. The van der Waals surface area contributed by atoms with Crippen molar-refractivity contribution < 1.29 is 0 Å². The standard InChI is InChI=1S/C15H18BrClN4/c1-8(2)13-20-14(18-4)9(3)15(21-13)19-12-6-5-10(16)7-11(12)17/h5-8H,1-4H3,(H2,18,19,20,21). The summed E-state index contributed by atoms with van der Waals surface area (Å²) < 4.78 is 0.941. The van der Waals surface area contributed by atoms with Gasteiger partial charge in [0.1, 0.15) is 17.5 Å². The van der Waals surface area contributed by atoms with Crippen LogP contribution >= 0.6 is 27.5 Å². The molecule has 0 aliphatic rings. The lowest BCUT2D eigenvalue weighted by Gasteiger charge is -2.16. The van der Waals surface area contributed by atoms with Crippen molar-refractivity contribution in [2.45, 2.75) is 26.7 Å². The number of halogens is 2. The van der Waals surface area contributed by atoms with Gasteiger partial charge in [0.15, 0.2) is 0 Å². The lowest BCUT2D eigenvalue weighted by atomic mass is 10.2. The highest BCUT2D eigenvalue weighted by Crippen LogP contribution is 2.31. The fourth-order valence-electron chi connectivity index (χ4n) is 1.88. The Labute approximate surface area is 138 Å². The van der Waals surface area contributed by atoms with E-state index >= 15 is 0 Å². The second-order valence-corrected chi connectivity index (χ2v) is 6.38. The van der Waals surface area contributed by atoms with E-state index in [0.717, 1.165) is 33.2 Å². The molecule has 0 unspecified atom stereocenters. The van der Waals surface area contributed by atoms with Crippen molar-refractivity contribution in [1.29, 1.82) is 0 Å². The first-order chi connectivity index (χ1) is 9.92. The van der Waals surface area contributed by atoms with Crippen molar-refractivity contribution in [3.63, 3.8) is 0 Å². The van der Waals surface area contributed by atoms with Crippen LogP contribution in [-0.4, -0.2) is 17.0 Å². The molecule has 0 aliphatic heterocycles. The molecule has 0 atom stereocenters. The van der Waals surface area contributed by atoms with Gasteiger partial charge in [0.2, 0.25) is 0 Å². The Bertz CT molecular complexity index is 658. The fraction of sp³-hybridized carbons (Fsp3) is 0.333. The van der Waals surface area contributed by atoms with Crippen LogP contribution < -0.4 is 10.6 Å². The Morgan fingerprint density at radius 3 is 2.43 bits per heavy atom. The summed E-state index contributed by atoms with van der Waals surface area (Å²) in [5.41, 5.74) is 1.78. The maximum Gasteiger partial charge on any atom is 0.139 e. The zero-order valence-electron chi connectivity index (χ0n) is 12.5. The highest BCUT2D eigenvalue weighted by Gasteiger charge is 2.13. The van der Waals surface area contributed by atoms with E-state index in [2.05, 4.69) is 50.4 Å². The summed E-state index contributed by atoms with van der Waals surface area (Å²) in [5, 5.41) is 7.04. The number of nitrogens with zero attached hydrogens (tertiary/aromatic N) is 2. The predicted octanol–water partition coefficient (Wildman–Crippen LogP) is 5.11. The highest BCUT2D eigenvalue weighted by atomic mass is 79.9. The first-order valence-corrected chi connectivity index (χ1v) is 7.87. The SMILES string of the molecule is CNc1nc(C(C)C)nc(Nc2ccc(Br)cc2Cl)c1C. The van der Waals surface area contributed by atoms with E-state index in [4.69, 9.17) is 11.6 Å². The van der Waals surface area contributed by atoms with Crippen LogP contribution in [0, 0.1) is 6.92 Å². The van der Waals surface area contributed by atoms with Gasteiger partial charge in [-0.2, -0.15) is 0 Å². The van der Waals surface area contributed by atoms with E-state index in [1.807, 2.05) is 32.2 Å². The Kier molecular flexibility index (Phi) is 5.06. The van der Waals surface area contributed by atoms with Crippen molar-refractivity contribution in [2.75, 3.05) is 17.7 Å². The third kappa shape index (κ3) is 3.66. The van der Waals surface area contributed by atoms with Crippen LogP contribution in [0.3, 0.4) is 0 Å². The molecule has 2 N–H and O–H groups in total. The average molecular weight is 370 g/mol. The van der Waals surface area contributed by atoms with Gasteiger partial charge in [-0.3, -0.25) is 0 Å². The third-order valence-electron chi connectivity index (χ3n) is 3.10. The molecule has 0 saturated carbocycles. The van der Waals surface area contributed by atoms with Gasteiger partial charge in [-0.15, -0.1) is 0 Å². The highest BCUT2D eigenvalue weighted by molar-refractivity contribution is 9.10. The van der Waals surface area contributed by atoms with Crippen molar-refractivity contribution in [3.8, 4) is 0 Å². The maximum absolute atomic E-state index is 6.26. The molecule has 6 heteroatoms. The van der Waals surface area contributed by atoms with Crippen LogP contribution in [0.5, 0.6) is 0 Å². The second-order valence-electron chi connectivity index (χ2n) is 5.06. The van der Waals surface area contributed by atoms with Crippen molar-refractivity contribution in [1.82, 2.24) is 9.97 Å². The average Bonchev–Trinajstić information content (AvgIpc) is 2.43. The van der Waals surface area contributed by atoms with E-state index in [9.17, 15) is 0 Å². The molecule has 4 nitrogen and oxygen atoms in total. The third-order valence-corrected chi connectivity index (χ3v) is 3.91. The molecule has 2 rings (SSSR count). The number of hydrogen-bond donors (Lipinski definition) is 2. The minimum Gasteiger partial charge on any atom is -0.373 e. The van der Waals surface area contributed by atoms with Crippen molar-refractivity contribution in [2.24, 2.45) is 0 Å². The molecule has 0 saturated heterocycles. The normalized spacial score (nSPS) is 10.8. The number of benzene rings is 1. The molecule has 0 aliphatic carbocycles.